The van der Waals surface area contributed by atoms with E-state index in [2.05, 4.69) is 4.98 Å². The van der Waals surface area contributed by atoms with Gasteiger partial charge in [-0.2, -0.15) is 0 Å². The summed E-state index contributed by atoms with van der Waals surface area (Å²) in [5, 5.41) is 0. The molecule has 0 spiro atoms. The standard InChI is InChI=1S/C11H11N3OS/c1-6(15)8-2-3-9(16-8)7-4-5-14-11(13)10(7)12/h2-5H,12H2,1H3,(H2,13,14). The summed E-state index contributed by atoms with van der Waals surface area (Å²) in [7, 11) is 0. The normalized spacial score (nSPS) is 10.3. The highest BCUT2D eigenvalue weighted by Gasteiger charge is 2.10. The highest BCUT2D eigenvalue weighted by atomic mass is 32.1. The fraction of sp³-hybridized carbons (Fsp3) is 0.0909. The Balaban J connectivity index is 2.50. The average molecular weight is 233 g/mol. The van der Waals surface area contributed by atoms with Crippen LogP contribution < -0.4 is 11.5 Å². The predicted octanol–water partition coefficient (Wildman–Crippen LogP) is 2.18. The Labute approximate surface area is 96.9 Å². The zero-order chi connectivity index (χ0) is 11.7. The van der Waals surface area contributed by atoms with E-state index < -0.39 is 0 Å². The number of pyridine rings is 1. The van der Waals surface area contributed by atoms with Gasteiger partial charge in [0.15, 0.2) is 5.78 Å². The zero-order valence-corrected chi connectivity index (χ0v) is 9.54. The van der Waals surface area contributed by atoms with Crippen LogP contribution in [0.25, 0.3) is 10.4 Å². The van der Waals surface area contributed by atoms with Crippen molar-refractivity contribution in [2.45, 2.75) is 6.92 Å². The molecule has 0 saturated carbocycles. The van der Waals surface area contributed by atoms with Crippen LogP contribution in [0, 0.1) is 0 Å². The molecule has 0 bridgehead atoms. The van der Waals surface area contributed by atoms with Crippen molar-refractivity contribution in [1.29, 1.82) is 0 Å². The van der Waals surface area contributed by atoms with Gasteiger partial charge in [0.25, 0.3) is 0 Å². The van der Waals surface area contributed by atoms with E-state index in [4.69, 9.17) is 11.5 Å². The van der Waals surface area contributed by atoms with E-state index >= 15 is 0 Å². The lowest BCUT2D eigenvalue weighted by molar-refractivity contribution is 0.102. The molecule has 0 fully saturated rings. The number of carbonyl (C=O) groups excluding carboxylic acids is 1. The number of carbonyl (C=O) groups is 1. The summed E-state index contributed by atoms with van der Waals surface area (Å²) in [6.07, 6.45) is 1.61. The van der Waals surface area contributed by atoms with Crippen molar-refractivity contribution >= 4 is 28.6 Å². The van der Waals surface area contributed by atoms with E-state index in [-0.39, 0.29) is 5.78 Å². The molecule has 0 saturated heterocycles. The quantitative estimate of drug-likeness (QED) is 0.779. The minimum atomic E-state index is 0.0526. The van der Waals surface area contributed by atoms with Crippen molar-refractivity contribution in [2.24, 2.45) is 0 Å². The number of nitrogens with zero attached hydrogens (tertiary/aromatic N) is 1. The van der Waals surface area contributed by atoms with Crippen LogP contribution in [0.3, 0.4) is 0 Å². The summed E-state index contributed by atoms with van der Waals surface area (Å²) in [6.45, 7) is 1.54. The molecule has 2 aromatic heterocycles. The lowest BCUT2D eigenvalue weighted by Gasteiger charge is -2.04. The third-order valence-electron chi connectivity index (χ3n) is 2.24. The van der Waals surface area contributed by atoms with E-state index in [9.17, 15) is 4.79 Å². The van der Waals surface area contributed by atoms with Crippen LogP contribution in [-0.4, -0.2) is 10.8 Å². The fourth-order valence-corrected chi connectivity index (χ4v) is 2.32. The zero-order valence-electron chi connectivity index (χ0n) is 8.73. The maximum absolute atomic E-state index is 11.2. The average Bonchev–Trinajstić information content (AvgIpc) is 2.71. The topological polar surface area (TPSA) is 82.0 Å². The van der Waals surface area contributed by atoms with Crippen molar-refractivity contribution in [1.82, 2.24) is 4.98 Å². The summed E-state index contributed by atoms with van der Waals surface area (Å²) in [5.74, 6) is 0.368. The highest BCUT2D eigenvalue weighted by Crippen LogP contribution is 2.33. The van der Waals surface area contributed by atoms with Crippen LogP contribution in [0.4, 0.5) is 11.5 Å². The number of anilines is 2. The van der Waals surface area contributed by atoms with Crippen LogP contribution in [0.5, 0.6) is 0 Å². The molecule has 2 aromatic rings. The number of thiophene rings is 1. The van der Waals surface area contributed by atoms with Crippen molar-refractivity contribution < 1.29 is 4.79 Å². The van der Waals surface area contributed by atoms with Gasteiger partial charge in [-0.1, -0.05) is 0 Å². The molecular formula is C11H11N3OS. The molecule has 0 aliphatic rings. The van der Waals surface area contributed by atoms with Crippen LogP contribution in [0.15, 0.2) is 24.4 Å². The molecule has 2 heterocycles. The van der Waals surface area contributed by atoms with E-state index in [0.717, 1.165) is 10.4 Å². The van der Waals surface area contributed by atoms with Gasteiger partial charge in [-0.05, 0) is 25.1 Å². The second-order valence-corrected chi connectivity index (χ2v) is 4.46. The first-order valence-corrected chi connectivity index (χ1v) is 5.52. The predicted molar refractivity (Wildman–Crippen MR) is 66.4 cm³/mol. The summed E-state index contributed by atoms with van der Waals surface area (Å²) in [6, 6.07) is 5.45. The molecule has 4 nitrogen and oxygen atoms in total. The van der Waals surface area contributed by atoms with Crippen LogP contribution in [-0.2, 0) is 0 Å². The molecule has 0 amide bonds. The number of hydrogen-bond acceptors (Lipinski definition) is 5. The molecule has 5 heteroatoms. The summed E-state index contributed by atoms with van der Waals surface area (Å²) in [4.78, 5) is 16.7. The van der Waals surface area contributed by atoms with Gasteiger partial charge in [0.2, 0.25) is 0 Å². The van der Waals surface area contributed by atoms with E-state index in [1.54, 1.807) is 25.3 Å². The third-order valence-corrected chi connectivity index (χ3v) is 3.46. The van der Waals surface area contributed by atoms with Gasteiger partial charge < -0.3 is 11.5 Å². The third kappa shape index (κ3) is 1.77. The van der Waals surface area contributed by atoms with Gasteiger partial charge in [-0.25, -0.2) is 4.98 Å². The van der Waals surface area contributed by atoms with Gasteiger partial charge in [-0.15, -0.1) is 11.3 Å². The number of aromatic nitrogens is 1. The maximum Gasteiger partial charge on any atom is 0.169 e. The molecule has 16 heavy (non-hydrogen) atoms. The number of nitrogens with two attached hydrogens (primary N) is 2. The van der Waals surface area contributed by atoms with E-state index in [0.29, 0.717) is 16.4 Å². The van der Waals surface area contributed by atoms with E-state index in [1.165, 1.54) is 11.3 Å². The van der Waals surface area contributed by atoms with Gasteiger partial charge in [0.05, 0.1) is 10.6 Å². The Morgan fingerprint density at radius 1 is 1.31 bits per heavy atom. The lowest BCUT2D eigenvalue weighted by atomic mass is 10.2. The smallest absolute Gasteiger partial charge is 0.169 e. The first-order valence-electron chi connectivity index (χ1n) is 4.70. The number of ketones is 1. The Morgan fingerprint density at radius 2 is 2.06 bits per heavy atom. The number of hydrogen-bond donors (Lipinski definition) is 2. The van der Waals surface area contributed by atoms with Crippen molar-refractivity contribution in [3.05, 3.63) is 29.3 Å². The number of Topliss-reactive ketones (excluding diaryl/α,β-unsaturated/α-hetero) is 1. The Morgan fingerprint density at radius 3 is 2.69 bits per heavy atom. The molecule has 0 aromatic carbocycles. The van der Waals surface area contributed by atoms with Gasteiger partial charge >= 0.3 is 0 Å². The monoisotopic (exact) mass is 233 g/mol. The number of rotatable bonds is 2. The molecule has 0 unspecified atom stereocenters. The van der Waals surface area contributed by atoms with Crippen molar-refractivity contribution in [3.8, 4) is 10.4 Å². The summed E-state index contributed by atoms with van der Waals surface area (Å²) in [5.41, 5.74) is 12.7. The highest BCUT2D eigenvalue weighted by molar-refractivity contribution is 7.17. The first-order chi connectivity index (χ1) is 7.59. The van der Waals surface area contributed by atoms with Crippen LogP contribution in [0.2, 0.25) is 0 Å². The minimum absolute atomic E-state index is 0.0526. The summed E-state index contributed by atoms with van der Waals surface area (Å²) >= 11 is 1.40. The molecule has 0 aliphatic heterocycles. The second-order valence-electron chi connectivity index (χ2n) is 3.38. The molecule has 4 N–H and O–H groups in total. The molecule has 0 aliphatic carbocycles. The SMILES string of the molecule is CC(=O)c1ccc(-c2ccnc(N)c2N)s1. The molecule has 82 valence electrons. The van der Waals surface area contributed by atoms with Crippen molar-refractivity contribution in [3.63, 3.8) is 0 Å². The molecule has 0 atom stereocenters. The summed E-state index contributed by atoms with van der Waals surface area (Å²) < 4.78 is 0. The van der Waals surface area contributed by atoms with Crippen molar-refractivity contribution in [2.75, 3.05) is 11.5 Å². The first kappa shape index (κ1) is 10.6. The molecule has 2 rings (SSSR count). The fourth-order valence-electron chi connectivity index (χ4n) is 1.38. The van der Waals surface area contributed by atoms with Crippen LogP contribution in [0.1, 0.15) is 16.6 Å². The Bertz CT molecular complexity index is 548. The second kappa shape index (κ2) is 3.94. The maximum atomic E-state index is 11.2. The van der Waals surface area contributed by atoms with Gasteiger partial charge in [0, 0.05) is 16.6 Å². The van der Waals surface area contributed by atoms with Gasteiger partial charge in [-0.3, -0.25) is 4.79 Å². The Hall–Kier alpha value is -1.88. The lowest BCUT2D eigenvalue weighted by Crippen LogP contribution is -1.98. The Kier molecular flexibility index (Phi) is 2.62. The number of nitrogen functional groups attached to an aromatic ring is 2. The molecular weight excluding hydrogens is 222 g/mol. The largest absolute Gasteiger partial charge is 0.395 e. The van der Waals surface area contributed by atoms with E-state index in [1.807, 2.05) is 6.07 Å². The minimum Gasteiger partial charge on any atom is -0.395 e. The van der Waals surface area contributed by atoms with Crippen LogP contribution >= 0.6 is 11.3 Å². The molecule has 0 radical (unpaired) electrons. The van der Waals surface area contributed by atoms with Gasteiger partial charge in [0.1, 0.15) is 5.82 Å².